The van der Waals surface area contributed by atoms with Crippen LogP contribution in [-0.4, -0.2) is 56.6 Å². The van der Waals surface area contributed by atoms with Crippen LogP contribution in [0.4, 0.5) is 0 Å². The van der Waals surface area contributed by atoms with E-state index in [1.165, 1.54) is 0 Å². The van der Waals surface area contributed by atoms with E-state index in [1.807, 2.05) is 47.4 Å². The molecule has 2 aromatic heterocycles. The van der Waals surface area contributed by atoms with E-state index >= 15 is 0 Å². The minimum Gasteiger partial charge on any atom is -0.383 e. The molecule has 5 rings (SSSR count). The standard InChI is InChI=1S/C29H33N5O3/c1-19(2)23-9-4-5-10-24(23)26-30-16-25-27(32-26)34(29(36)31-25)17-20-11-13-21(14-12-20)28(35)33-15-7-6-8-22(33)18-37-3/h4-5,9-14,16,19,22H,6-8,15,17-18H2,1-3H3,(H,31,36)/t22-/m0/s1. The fourth-order valence-electron chi connectivity index (χ4n) is 5.16. The first-order valence-electron chi connectivity index (χ1n) is 12.9. The van der Waals surface area contributed by atoms with Gasteiger partial charge in [0.2, 0.25) is 0 Å². The second-order valence-electron chi connectivity index (χ2n) is 9.99. The van der Waals surface area contributed by atoms with Crippen molar-refractivity contribution < 1.29 is 9.53 Å². The van der Waals surface area contributed by atoms with Gasteiger partial charge in [0, 0.05) is 24.8 Å². The zero-order valence-electron chi connectivity index (χ0n) is 21.6. The van der Waals surface area contributed by atoms with Crippen molar-refractivity contribution >= 4 is 17.1 Å². The number of fused-ring (bicyclic) bond motifs is 1. The molecule has 1 aliphatic heterocycles. The Bertz CT molecular complexity index is 1450. The Morgan fingerprint density at radius 3 is 2.68 bits per heavy atom. The molecule has 192 valence electrons. The zero-order valence-corrected chi connectivity index (χ0v) is 21.6. The van der Waals surface area contributed by atoms with Crippen LogP contribution in [0.2, 0.25) is 0 Å². The maximum absolute atomic E-state index is 13.2. The summed E-state index contributed by atoms with van der Waals surface area (Å²) in [4.78, 5) is 40.1. The molecule has 1 saturated heterocycles. The van der Waals surface area contributed by atoms with Gasteiger partial charge in [0.25, 0.3) is 5.91 Å². The van der Waals surface area contributed by atoms with Crippen LogP contribution in [0.25, 0.3) is 22.6 Å². The van der Waals surface area contributed by atoms with E-state index in [0.29, 0.717) is 41.6 Å². The number of likely N-dealkylation sites (tertiary alicyclic amines) is 1. The molecule has 0 unspecified atom stereocenters. The molecular weight excluding hydrogens is 466 g/mol. The predicted molar refractivity (Wildman–Crippen MR) is 144 cm³/mol. The monoisotopic (exact) mass is 499 g/mol. The molecule has 0 saturated carbocycles. The Kier molecular flexibility index (Phi) is 7.19. The molecular formula is C29H33N5O3. The minimum absolute atomic E-state index is 0.0266. The summed E-state index contributed by atoms with van der Waals surface area (Å²) in [6.07, 6.45) is 4.76. The fraction of sp³-hybridized carbons (Fsp3) is 0.379. The Morgan fingerprint density at radius 1 is 1.14 bits per heavy atom. The first kappa shape index (κ1) is 24.9. The molecule has 37 heavy (non-hydrogen) atoms. The molecule has 1 atom stereocenters. The smallest absolute Gasteiger partial charge is 0.328 e. The summed E-state index contributed by atoms with van der Waals surface area (Å²) in [6, 6.07) is 15.7. The molecule has 1 N–H and O–H groups in total. The van der Waals surface area contributed by atoms with E-state index < -0.39 is 0 Å². The quantitative estimate of drug-likeness (QED) is 0.401. The van der Waals surface area contributed by atoms with Gasteiger partial charge in [-0.25, -0.2) is 14.8 Å². The number of rotatable bonds is 7. The van der Waals surface area contributed by atoms with Crippen LogP contribution in [0, 0.1) is 0 Å². The molecule has 8 heteroatoms. The molecule has 0 spiro atoms. The summed E-state index contributed by atoms with van der Waals surface area (Å²) in [5.74, 6) is 0.941. The number of imidazole rings is 1. The van der Waals surface area contributed by atoms with Crippen molar-refractivity contribution in [2.75, 3.05) is 20.3 Å². The maximum atomic E-state index is 13.2. The Morgan fingerprint density at radius 2 is 1.92 bits per heavy atom. The third kappa shape index (κ3) is 5.06. The Labute approximate surface area is 216 Å². The number of amides is 1. The summed E-state index contributed by atoms with van der Waals surface area (Å²) >= 11 is 0. The largest absolute Gasteiger partial charge is 0.383 e. The van der Waals surface area contributed by atoms with Gasteiger partial charge in [-0.15, -0.1) is 0 Å². The number of ether oxygens (including phenoxy) is 1. The molecule has 1 aliphatic rings. The number of nitrogens with one attached hydrogen (secondary N) is 1. The molecule has 0 aliphatic carbocycles. The lowest BCUT2D eigenvalue weighted by Crippen LogP contribution is -2.46. The average Bonchev–Trinajstić information content (AvgIpc) is 3.23. The number of H-pyrrole nitrogens is 1. The van der Waals surface area contributed by atoms with Crippen LogP contribution in [0.5, 0.6) is 0 Å². The molecule has 3 heterocycles. The normalized spacial score (nSPS) is 16.0. The van der Waals surface area contributed by atoms with Gasteiger partial charge in [-0.2, -0.15) is 0 Å². The molecule has 0 radical (unpaired) electrons. The van der Waals surface area contributed by atoms with Crippen molar-refractivity contribution in [2.45, 2.75) is 51.6 Å². The van der Waals surface area contributed by atoms with E-state index in [1.54, 1.807) is 17.9 Å². The van der Waals surface area contributed by atoms with Crippen LogP contribution < -0.4 is 5.69 Å². The second-order valence-corrected chi connectivity index (χ2v) is 9.99. The Hall–Kier alpha value is -3.78. The number of hydrogen-bond donors (Lipinski definition) is 1. The maximum Gasteiger partial charge on any atom is 0.328 e. The molecule has 8 nitrogen and oxygen atoms in total. The summed E-state index contributed by atoms with van der Waals surface area (Å²) < 4.78 is 6.96. The lowest BCUT2D eigenvalue weighted by Gasteiger charge is -2.35. The van der Waals surface area contributed by atoms with Gasteiger partial charge in [-0.3, -0.25) is 9.36 Å². The van der Waals surface area contributed by atoms with Crippen molar-refractivity contribution in [1.29, 1.82) is 0 Å². The van der Waals surface area contributed by atoms with Gasteiger partial charge in [-0.1, -0.05) is 50.2 Å². The van der Waals surface area contributed by atoms with Crippen molar-refractivity contribution in [2.24, 2.45) is 0 Å². The number of aromatic nitrogens is 4. The van der Waals surface area contributed by atoms with Crippen LogP contribution in [0.15, 0.2) is 59.5 Å². The highest BCUT2D eigenvalue weighted by Crippen LogP contribution is 2.27. The summed E-state index contributed by atoms with van der Waals surface area (Å²) in [5, 5.41) is 0. The highest BCUT2D eigenvalue weighted by Gasteiger charge is 2.27. The molecule has 4 aromatic rings. The number of benzene rings is 2. The summed E-state index contributed by atoms with van der Waals surface area (Å²) in [5.41, 5.74) is 4.60. The van der Waals surface area contributed by atoms with Crippen molar-refractivity contribution in [1.82, 2.24) is 24.4 Å². The van der Waals surface area contributed by atoms with Gasteiger partial charge in [0.05, 0.1) is 25.4 Å². The van der Waals surface area contributed by atoms with Crippen LogP contribution in [0.3, 0.4) is 0 Å². The fourth-order valence-corrected chi connectivity index (χ4v) is 5.16. The number of aromatic amines is 1. The minimum atomic E-state index is -0.241. The Balaban J connectivity index is 1.41. The number of carbonyl (C=O) groups excluding carboxylic acids is 1. The van der Waals surface area contributed by atoms with Gasteiger partial charge in [0.1, 0.15) is 5.52 Å². The van der Waals surface area contributed by atoms with E-state index in [0.717, 1.165) is 42.5 Å². The van der Waals surface area contributed by atoms with Crippen molar-refractivity contribution in [3.05, 3.63) is 81.9 Å². The van der Waals surface area contributed by atoms with Crippen LogP contribution in [-0.2, 0) is 11.3 Å². The third-order valence-corrected chi connectivity index (χ3v) is 7.12. The zero-order chi connectivity index (χ0) is 25.9. The predicted octanol–water partition coefficient (Wildman–Crippen LogP) is 4.60. The SMILES string of the molecule is COC[C@@H]1CCCCN1C(=O)c1ccc(Cn2c(=O)[nH]c3cnc(-c4ccccc4C(C)C)nc32)cc1. The van der Waals surface area contributed by atoms with Crippen LogP contribution in [0.1, 0.15) is 60.5 Å². The lowest BCUT2D eigenvalue weighted by molar-refractivity contribution is 0.0428. The molecule has 1 fully saturated rings. The third-order valence-electron chi connectivity index (χ3n) is 7.12. The first-order chi connectivity index (χ1) is 18.0. The van der Waals surface area contributed by atoms with Crippen molar-refractivity contribution in [3.63, 3.8) is 0 Å². The van der Waals surface area contributed by atoms with Crippen LogP contribution >= 0.6 is 0 Å². The van der Waals surface area contributed by atoms with Crippen molar-refractivity contribution in [3.8, 4) is 11.4 Å². The van der Waals surface area contributed by atoms with Gasteiger partial charge >= 0.3 is 5.69 Å². The molecule has 2 aromatic carbocycles. The highest BCUT2D eigenvalue weighted by atomic mass is 16.5. The highest BCUT2D eigenvalue weighted by molar-refractivity contribution is 5.94. The number of methoxy groups -OCH3 is 1. The van der Waals surface area contributed by atoms with E-state index in [9.17, 15) is 9.59 Å². The number of carbonyl (C=O) groups is 1. The summed E-state index contributed by atoms with van der Waals surface area (Å²) in [6.45, 7) is 5.92. The lowest BCUT2D eigenvalue weighted by atomic mass is 9.97. The molecule has 1 amide bonds. The summed E-state index contributed by atoms with van der Waals surface area (Å²) in [7, 11) is 1.68. The average molecular weight is 500 g/mol. The topological polar surface area (TPSA) is 93.1 Å². The number of piperidine rings is 1. The second kappa shape index (κ2) is 10.7. The number of hydrogen-bond acceptors (Lipinski definition) is 5. The first-order valence-corrected chi connectivity index (χ1v) is 12.9. The van der Waals surface area contributed by atoms with E-state index in [4.69, 9.17) is 9.72 Å². The number of nitrogens with zero attached hydrogens (tertiary/aromatic N) is 4. The van der Waals surface area contributed by atoms with Gasteiger partial charge in [0.15, 0.2) is 11.5 Å². The van der Waals surface area contributed by atoms with Gasteiger partial charge < -0.3 is 14.6 Å². The van der Waals surface area contributed by atoms with Gasteiger partial charge in [-0.05, 0) is 48.4 Å². The van der Waals surface area contributed by atoms with E-state index in [2.05, 4.69) is 29.9 Å². The molecule has 0 bridgehead atoms. The van der Waals surface area contributed by atoms with E-state index in [-0.39, 0.29) is 17.6 Å².